The smallest absolute Gasteiger partial charge is 0.304 e. The van der Waals surface area contributed by atoms with Crippen LogP contribution in [0.5, 0.6) is 0 Å². The van der Waals surface area contributed by atoms with Crippen molar-refractivity contribution in [2.75, 3.05) is 5.32 Å². The van der Waals surface area contributed by atoms with Crippen LogP contribution in [-0.4, -0.2) is 30.8 Å². The van der Waals surface area contributed by atoms with E-state index in [4.69, 9.17) is 0 Å². The summed E-state index contributed by atoms with van der Waals surface area (Å²) in [7, 11) is 0. The number of carbonyl (C=O) groups is 1. The lowest BCUT2D eigenvalue weighted by atomic mass is 10.2. The van der Waals surface area contributed by atoms with E-state index in [-0.39, 0.29) is 23.9 Å². The average Bonchev–Trinajstić information content (AvgIpc) is 3.19. The molecule has 0 saturated carbocycles. The number of halogens is 1. The summed E-state index contributed by atoms with van der Waals surface area (Å²) in [6.45, 7) is 0.187. The molecule has 3 aromatic rings. The van der Waals surface area contributed by atoms with Crippen LogP contribution >= 0.6 is 0 Å². The van der Waals surface area contributed by atoms with E-state index in [1.54, 1.807) is 24.4 Å². The largest absolute Gasteiger partial charge is 0.319 e. The molecule has 2 heterocycles. The van der Waals surface area contributed by atoms with Crippen LogP contribution in [0.25, 0.3) is 0 Å². The number of H-pyrrole nitrogens is 1. The highest BCUT2D eigenvalue weighted by atomic mass is 19.1. The fourth-order valence-electron chi connectivity index (χ4n) is 2.08. The number of hydrogen-bond donors (Lipinski definition) is 2. The van der Waals surface area contributed by atoms with Crippen molar-refractivity contribution in [2.24, 2.45) is 0 Å². The Balaban J connectivity index is 1.72. The van der Waals surface area contributed by atoms with E-state index in [0.717, 1.165) is 6.20 Å². The molecule has 9 nitrogen and oxygen atoms in total. The van der Waals surface area contributed by atoms with Crippen LogP contribution < -0.4 is 5.32 Å². The number of carbonyl (C=O) groups excluding carboxylic acids is 1. The fraction of sp³-hybridized carbons (Fsp3) is 0.0714. The lowest BCUT2D eigenvalue weighted by molar-refractivity contribution is -0.385. The molecule has 2 N–H and O–H groups in total. The first-order valence-electron chi connectivity index (χ1n) is 6.80. The van der Waals surface area contributed by atoms with E-state index in [1.165, 1.54) is 16.8 Å². The van der Waals surface area contributed by atoms with E-state index < -0.39 is 16.5 Å². The SMILES string of the molecule is O=C(Nc1ccn(Cc2ccccc2F)n1)c1[nH]ncc1[N+](=O)[O-]. The van der Waals surface area contributed by atoms with Gasteiger partial charge < -0.3 is 5.32 Å². The van der Waals surface area contributed by atoms with Gasteiger partial charge in [0.25, 0.3) is 5.91 Å². The van der Waals surface area contributed by atoms with Crippen molar-refractivity contribution in [1.29, 1.82) is 0 Å². The van der Waals surface area contributed by atoms with Crippen LogP contribution in [0.15, 0.2) is 42.7 Å². The minimum Gasteiger partial charge on any atom is -0.304 e. The number of benzene rings is 1. The third-order valence-corrected chi connectivity index (χ3v) is 3.22. The van der Waals surface area contributed by atoms with Crippen LogP contribution in [0.4, 0.5) is 15.9 Å². The zero-order valence-corrected chi connectivity index (χ0v) is 12.1. The predicted molar refractivity (Wildman–Crippen MR) is 80.9 cm³/mol. The van der Waals surface area contributed by atoms with Gasteiger partial charge in [0.2, 0.25) is 5.69 Å². The van der Waals surface area contributed by atoms with Crippen molar-refractivity contribution in [1.82, 2.24) is 20.0 Å². The van der Waals surface area contributed by atoms with Crippen LogP contribution in [0.1, 0.15) is 16.1 Å². The van der Waals surface area contributed by atoms with Crippen molar-refractivity contribution in [2.45, 2.75) is 6.54 Å². The number of hydrogen-bond acceptors (Lipinski definition) is 5. The van der Waals surface area contributed by atoms with Gasteiger partial charge in [0.1, 0.15) is 12.0 Å². The summed E-state index contributed by atoms with van der Waals surface area (Å²) in [6, 6.07) is 7.77. The fourth-order valence-corrected chi connectivity index (χ4v) is 2.08. The number of aromatic nitrogens is 4. The van der Waals surface area contributed by atoms with Crippen LogP contribution in [0.2, 0.25) is 0 Å². The Morgan fingerprint density at radius 1 is 1.38 bits per heavy atom. The Labute approximate surface area is 134 Å². The number of nitro groups is 1. The minimum atomic E-state index is -0.740. The topological polar surface area (TPSA) is 119 Å². The number of anilines is 1. The van der Waals surface area contributed by atoms with Gasteiger partial charge in [-0.1, -0.05) is 18.2 Å². The summed E-state index contributed by atoms with van der Waals surface area (Å²) in [6.07, 6.45) is 2.51. The molecule has 1 amide bonds. The second-order valence-corrected chi connectivity index (χ2v) is 4.83. The molecule has 1 aromatic carbocycles. The summed E-state index contributed by atoms with van der Waals surface area (Å²) in [4.78, 5) is 22.1. The molecule has 3 rings (SSSR count). The molecular weight excluding hydrogens is 319 g/mol. The highest BCUT2D eigenvalue weighted by Gasteiger charge is 2.23. The molecule has 0 aliphatic carbocycles. The van der Waals surface area contributed by atoms with E-state index in [9.17, 15) is 19.3 Å². The Bertz CT molecular complexity index is 903. The second kappa shape index (κ2) is 6.28. The quantitative estimate of drug-likeness (QED) is 0.547. The molecule has 0 saturated heterocycles. The maximum absolute atomic E-state index is 13.6. The highest BCUT2D eigenvalue weighted by Crippen LogP contribution is 2.16. The highest BCUT2D eigenvalue weighted by molar-refractivity contribution is 6.04. The molecule has 122 valence electrons. The molecule has 0 aliphatic heterocycles. The average molecular weight is 330 g/mol. The van der Waals surface area contributed by atoms with Gasteiger partial charge in [-0.05, 0) is 6.07 Å². The molecule has 0 atom stereocenters. The molecule has 0 fully saturated rings. The number of amides is 1. The second-order valence-electron chi connectivity index (χ2n) is 4.83. The molecule has 0 spiro atoms. The first-order valence-corrected chi connectivity index (χ1v) is 6.80. The first-order chi connectivity index (χ1) is 11.5. The third kappa shape index (κ3) is 3.11. The van der Waals surface area contributed by atoms with Crippen LogP contribution in [0.3, 0.4) is 0 Å². The zero-order valence-electron chi connectivity index (χ0n) is 12.1. The van der Waals surface area contributed by atoms with E-state index >= 15 is 0 Å². The monoisotopic (exact) mass is 330 g/mol. The summed E-state index contributed by atoms with van der Waals surface area (Å²) >= 11 is 0. The Hall–Kier alpha value is -3.56. The van der Waals surface area contributed by atoms with E-state index in [2.05, 4.69) is 20.6 Å². The first kappa shape index (κ1) is 15.3. The zero-order chi connectivity index (χ0) is 17.1. The number of rotatable bonds is 5. The van der Waals surface area contributed by atoms with Crippen molar-refractivity contribution in [3.8, 4) is 0 Å². The Kier molecular flexibility index (Phi) is 4.01. The lowest BCUT2D eigenvalue weighted by Crippen LogP contribution is -2.15. The third-order valence-electron chi connectivity index (χ3n) is 3.22. The molecule has 0 bridgehead atoms. The Morgan fingerprint density at radius 2 is 2.17 bits per heavy atom. The van der Waals surface area contributed by atoms with Gasteiger partial charge in [0, 0.05) is 17.8 Å². The van der Waals surface area contributed by atoms with E-state index in [0.29, 0.717) is 5.56 Å². The lowest BCUT2D eigenvalue weighted by Gasteiger charge is -2.03. The summed E-state index contributed by atoms with van der Waals surface area (Å²) < 4.78 is 15.1. The van der Waals surface area contributed by atoms with Crippen molar-refractivity contribution in [3.63, 3.8) is 0 Å². The van der Waals surface area contributed by atoms with Crippen LogP contribution in [0, 0.1) is 15.9 Å². The van der Waals surface area contributed by atoms with Gasteiger partial charge in [0.15, 0.2) is 5.82 Å². The standard InChI is InChI=1S/C14H11FN6O3/c15-10-4-2-1-3-9(10)8-20-6-5-12(19-20)17-14(22)13-11(21(23)24)7-16-18-13/h1-7H,8H2,(H,16,18)(H,17,19,22). The molecule has 0 radical (unpaired) electrons. The Morgan fingerprint density at radius 3 is 2.92 bits per heavy atom. The van der Waals surface area contributed by atoms with Crippen molar-refractivity contribution < 1.29 is 14.1 Å². The van der Waals surface area contributed by atoms with Gasteiger partial charge in [-0.15, -0.1) is 0 Å². The summed E-state index contributed by atoms with van der Waals surface area (Å²) in [5.74, 6) is -0.915. The van der Waals surface area contributed by atoms with Gasteiger partial charge in [-0.25, -0.2) is 4.39 Å². The summed E-state index contributed by atoms with van der Waals surface area (Å²) in [5, 5.41) is 23.0. The van der Waals surface area contributed by atoms with Crippen molar-refractivity contribution >= 4 is 17.4 Å². The number of aromatic amines is 1. The van der Waals surface area contributed by atoms with Crippen molar-refractivity contribution in [3.05, 3.63) is 69.9 Å². The molecule has 0 aliphatic rings. The normalized spacial score (nSPS) is 10.5. The minimum absolute atomic E-state index is 0.181. The van der Waals surface area contributed by atoms with E-state index in [1.807, 2.05) is 0 Å². The molecule has 24 heavy (non-hydrogen) atoms. The van der Waals surface area contributed by atoms with Gasteiger partial charge in [-0.3, -0.25) is 24.7 Å². The summed E-state index contributed by atoms with van der Waals surface area (Å²) in [5.41, 5.74) is -0.260. The maximum Gasteiger partial charge on any atom is 0.319 e. The van der Waals surface area contributed by atoms with Gasteiger partial charge >= 0.3 is 5.69 Å². The number of nitrogens with one attached hydrogen (secondary N) is 2. The maximum atomic E-state index is 13.6. The molecule has 0 unspecified atom stereocenters. The van der Waals surface area contributed by atoms with Gasteiger partial charge in [0.05, 0.1) is 11.5 Å². The molecule has 2 aromatic heterocycles. The molecular formula is C14H11FN6O3. The predicted octanol–water partition coefficient (Wildman–Crippen LogP) is 1.95. The molecule has 10 heteroatoms. The van der Waals surface area contributed by atoms with Gasteiger partial charge in [-0.2, -0.15) is 10.2 Å². The number of nitrogens with zero attached hydrogens (tertiary/aromatic N) is 4. The van der Waals surface area contributed by atoms with Crippen LogP contribution in [-0.2, 0) is 6.54 Å².